The summed E-state index contributed by atoms with van der Waals surface area (Å²) in [5, 5.41) is 1.78. The van der Waals surface area contributed by atoms with Crippen molar-refractivity contribution in [3.8, 4) is 11.5 Å². The molecule has 1 atom stereocenters. The molecule has 3 aromatic rings. The van der Waals surface area contributed by atoms with Crippen LogP contribution in [0, 0.1) is 0 Å². The van der Waals surface area contributed by atoms with Crippen molar-refractivity contribution in [3.05, 3.63) is 57.8 Å². The zero-order valence-corrected chi connectivity index (χ0v) is 18.2. The van der Waals surface area contributed by atoms with Gasteiger partial charge in [-0.3, -0.25) is 9.36 Å². The van der Waals surface area contributed by atoms with Crippen molar-refractivity contribution >= 4 is 34.3 Å². The van der Waals surface area contributed by atoms with Crippen molar-refractivity contribution in [2.45, 2.75) is 30.6 Å². The number of nitrogens with zero attached hydrogens (tertiary/aromatic N) is 2. The van der Waals surface area contributed by atoms with Crippen molar-refractivity contribution in [2.75, 3.05) is 26.1 Å². The second kappa shape index (κ2) is 9.73. The Labute approximate surface area is 184 Å². The second-order valence-corrected chi connectivity index (χ2v) is 8.48. The number of ether oxygens (including phenoxy) is 3. The molecule has 1 aromatic heterocycles. The molecule has 30 heavy (non-hydrogen) atoms. The summed E-state index contributed by atoms with van der Waals surface area (Å²) in [6.07, 6.45) is 2.02. The zero-order chi connectivity index (χ0) is 20.9. The maximum absolute atomic E-state index is 13.1. The summed E-state index contributed by atoms with van der Waals surface area (Å²) in [6.45, 7) is 1.74. The summed E-state index contributed by atoms with van der Waals surface area (Å²) in [4.78, 5) is 17.9. The van der Waals surface area contributed by atoms with Crippen molar-refractivity contribution in [2.24, 2.45) is 0 Å². The van der Waals surface area contributed by atoms with Crippen LogP contribution in [0.1, 0.15) is 12.8 Å². The van der Waals surface area contributed by atoms with E-state index < -0.39 is 0 Å². The van der Waals surface area contributed by atoms with Gasteiger partial charge in [0.1, 0.15) is 11.5 Å². The number of rotatable bonds is 8. The maximum Gasteiger partial charge on any atom is 0.262 e. The topological polar surface area (TPSA) is 62.6 Å². The first kappa shape index (κ1) is 21.0. The van der Waals surface area contributed by atoms with E-state index in [9.17, 15) is 4.79 Å². The summed E-state index contributed by atoms with van der Waals surface area (Å²) >= 11 is 7.61. The monoisotopic (exact) mass is 446 g/mol. The molecule has 1 saturated heterocycles. The van der Waals surface area contributed by atoms with Crippen LogP contribution in [0.3, 0.4) is 0 Å². The van der Waals surface area contributed by atoms with Gasteiger partial charge in [-0.1, -0.05) is 23.4 Å². The Morgan fingerprint density at radius 3 is 2.77 bits per heavy atom. The van der Waals surface area contributed by atoms with Gasteiger partial charge in [0.05, 0.1) is 37.3 Å². The molecular formula is C22H23ClN2O4S. The minimum atomic E-state index is -0.0641. The van der Waals surface area contributed by atoms with Gasteiger partial charge in [0.25, 0.3) is 5.56 Å². The SMILES string of the molecule is COc1ccc(OCCSc2nc3cc(Cl)ccc3c(=O)n2C[C@@H]2CCCO2)cc1. The minimum absolute atomic E-state index is 0.0455. The average Bonchev–Trinajstić information content (AvgIpc) is 3.27. The third-order valence-corrected chi connectivity index (χ3v) is 6.11. The van der Waals surface area contributed by atoms with E-state index in [2.05, 4.69) is 0 Å². The Hall–Kier alpha value is -2.22. The van der Waals surface area contributed by atoms with E-state index in [1.807, 2.05) is 24.3 Å². The number of aromatic nitrogens is 2. The Morgan fingerprint density at radius 1 is 1.23 bits per heavy atom. The molecule has 0 N–H and O–H groups in total. The number of hydrogen-bond donors (Lipinski definition) is 0. The third-order valence-electron chi connectivity index (χ3n) is 4.94. The first-order chi connectivity index (χ1) is 14.6. The predicted molar refractivity (Wildman–Crippen MR) is 119 cm³/mol. The van der Waals surface area contributed by atoms with E-state index in [1.165, 1.54) is 11.8 Å². The Balaban J connectivity index is 1.50. The molecule has 4 rings (SSSR count). The molecule has 1 aliphatic rings. The van der Waals surface area contributed by atoms with Gasteiger partial charge in [0.15, 0.2) is 5.16 Å². The fraction of sp³-hybridized carbons (Fsp3) is 0.364. The third kappa shape index (κ3) is 4.91. The molecule has 2 aromatic carbocycles. The largest absolute Gasteiger partial charge is 0.497 e. The Kier molecular flexibility index (Phi) is 6.82. The molecular weight excluding hydrogens is 424 g/mol. The first-order valence-electron chi connectivity index (χ1n) is 9.85. The fourth-order valence-corrected chi connectivity index (χ4v) is 4.39. The highest BCUT2D eigenvalue weighted by atomic mass is 35.5. The van der Waals surface area contributed by atoms with Crippen LogP contribution < -0.4 is 15.0 Å². The Morgan fingerprint density at radius 2 is 2.03 bits per heavy atom. The fourth-order valence-electron chi connectivity index (χ4n) is 3.40. The van der Waals surface area contributed by atoms with Crippen LogP contribution in [0.4, 0.5) is 0 Å². The quantitative estimate of drug-likeness (QED) is 0.290. The van der Waals surface area contributed by atoms with Gasteiger partial charge in [-0.25, -0.2) is 4.98 Å². The molecule has 2 heterocycles. The molecule has 0 aliphatic carbocycles. The highest BCUT2D eigenvalue weighted by Crippen LogP contribution is 2.23. The van der Waals surface area contributed by atoms with Crippen LogP contribution in [0.15, 0.2) is 52.4 Å². The summed E-state index contributed by atoms with van der Waals surface area (Å²) < 4.78 is 18.4. The van der Waals surface area contributed by atoms with Crippen molar-refractivity contribution in [1.82, 2.24) is 9.55 Å². The average molecular weight is 447 g/mol. The van der Waals surface area contributed by atoms with E-state index >= 15 is 0 Å². The molecule has 0 radical (unpaired) electrons. The van der Waals surface area contributed by atoms with Crippen molar-refractivity contribution in [3.63, 3.8) is 0 Å². The van der Waals surface area contributed by atoms with Crippen LogP contribution in [-0.4, -0.2) is 41.7 Å². The van der Waals surface area contributed by atoms with Gasteiger partial charge in [0, 0.05) is 17.4 Å². The molecule has 1 aliphatic heterocycles. The van der Waals surface area contributed by atoms with E-state index in [0.717, 1.165) is 30.9 Å². The van der Waals surface area contributed by atoms with Crippen LogP contribution >= 0.6 is 23.4 Å². The number of thioether (sulfide) groups is 1. The normalized spacial score (nSPS) is 16.1. The predicted octanol–water partition coefficient (Wildman–Crippen LogP) is 4.41. The summed E-state index contributed by atoms with van der Waals surface area (Å²) in [5.41, 5.74) is 0.542. The molecule has 158 valence electrons. The lowest BCUT2D eigenvalue weighted by atomic mass is 10.2. The summed E-state index contributed by atoms with van der Waals surface area (Å²) in [6, 6.07) is 12.6. The van der Waals surface area contributed by atoms with Gasteiger partial charge >= 0.3 is 0 Å². The molecule has 0 bridgehead atoms. The van der Waals surface area contributed by atoms with Crippen LogP contribution in [0.5, 0.6) is 11.5 Å². The summed E-state index contributed by atoms with van der Waals surface area (Å²) in [7, 11) is 1.63. The maximum atomic E-state index is 13.1. The smallest absolute Gasteiger partial charge is 0.262 e. The lowest BCUT2D eigenvalue weighted by molar-refractivity contribution is 0.0937. The van der Waals surface area contributed by atoms with Crippen LogP contribution in [0.25, 0.3) is 10.9 Å². The van der Waals surface area contributed by atoms with Crippen molar-refractivity contribution in [1.29, 1.82) is 0 Å². The standard InChI is InChI=1S/C22H23ClN2O4S/c1-27-16-5-7-17(8-6-16)29-11-12-30-22-24-20-13-15(23)4-9-19(20)21(26)25(22)14-18-3-2-10-28-18/h4-9,13,18H,2-3,10-12,14H2,1H3/t18-/m0/s1. The lowest BCUT2D eigenvalue weighted by Gasteiger charge is -2.16. The van der Waals surface area contributed by atoms with Gasteiger partial charge in [-0.05, 0) is 55.3 Å². The van der Waals surface area contributed by atoms with Crippen LogP contribution in [-0.2, 0) is 11.3 Å². The first-order valence-corrected chi connectivity index (χ1v) is 11.2. The molecule has 8 heteroatoms. The number of halogens is 1. The van der Waals surface area contributed by atoms with Gasteiger partial charge < -0.3 is 14.2 Å². The van der Waals surface area contributed by atoms with Gasteiger partial charge in [-0.2, -0.15) is 0 Å². The summed E-state index contributed by atoms with van der Waals surface area (Å²) in [5.74, 6) is 2.20. The molecule has 0 spiro atoms. The zero-order valence-electron chi connectivity index (χ0n) is 16.7. The number of methoxy groups -OCH3 is 1. The molecule has 0 saturated carbocycles. The highest BCUT2D eigenvalue weighted by Gasteiger charge is 2.20. The van der Waals surface area contributed by atoms with Crippen molar-refractivity contribution < 1.29 is 14.2 Å². The van der Waals surface area contributed by atoms with Crippen LogP contribution in [0.2, 0.25) is 5.02 Å². The molecule has 0 amide bonds. The molecule has 1 fully saturated rings. The van der Waals surface area contributed by atoms with Gasteiger partial charge in [0.2, 0.25) is 0 Å². The van der Waals surface area contributed by atoms with E-state index in [0.29, 0.717) is 40.0 Å². The minimum Gasteiger partial charge on any atom is -0.497 e. The second-order valence-electron chi connectivity index (χ2n) is 6.98. The number of fused-ring (bicyclic) bond motifs is 1. The van der Waals surface area contributed by atoms with E-state index in [1.54, 1.807) is 29.9 Å². The highest BCUT2D eigenvalue weighted by molar-refractivity contribution is 7.99. The van der Waals surface area contributed by atoms with Gasteiger partial charge in [-0.15, -0.1) is 0 Å². The van der Waals surface area contributed by atoms with E-state index in [4.69, 9.17) is 30.8 Å². The number of benzene rings is 2. The number of hydrogen-bond acceptors (Lipinski definition) is 6. The lowest BCUT2D eigenvalue weighted by Crippen LogP contribution is -2.29. The molecule has 6 nitrogen and oxygen atoms in total. The van der Waals surface area contributed by atoms with E-state index in [-0.39, 0.29) is 11.7 Å². The Bertz CT molecular complexity index is 1070. The molecule has 0 unspecified atom stereocenters.